The summed E-state index contributed by atoms with van der Waals surface area (Å²) >= 11 is 1.52. The van der Waals surface area contributed by atoms with Crippen LogP contribution in [0.3, 0.4) is 0 Å². The predicted octanol–water partition coefficient (Wildman–Crippen LogP) is 1.02. The van der Waals surface area contributed by atoms with Gasteiger partial charge >= 0.3 is 5.97 Å². The normalized spacial score (nSPS) is 27.8. The van der Waals surface area contributed by atoms with E-state index in [1.807, 2.05) is 6.92 Å². The highest BCUT2D eigenvalue weighted by molar-refractivity contribution is 7.99. The molecule has 2 atom stereocenters. The zero-order valence-corrected chi connectivity index (χ0v) is 9.50. The maximum Gasteiger partial charge on any atom is 0.327 e. The minimum absolute atomic E-state index is 0.00514. The van der Waals surface area contributed by atoms with Gasteiger partial charge in [-0.05, 0) is 18.8 Å². The molecule has 1 heterocycles. The van der Waals surface area contributed by atoms with Gasteiger partial charge in [-0.1, -0.05) is 6.92 Å². The van der Waals surface area contributed by atoms with Crippen molar-refractivity contribution in [3.63, 3.8) is 0 Å². The number of nitrogens with zero attached hydrogens (tertiary/aromatic N) is 1. The Bertz CT molecular complexity index is 290. The van der Waals surface area contributed by atoms with E-state index < -0.39 is 12.0 Å². The molecule has 1 saturated carbocycles. The molecule has 0 bridgehead atoms. The molecule has 2 rings (SSSR count). The van der Waals surface area contributed by atoms with Crippen LogP contribution in [0.4, 0.5) is 0 Å². The van der Waals surface area contributed by atoms with Crippen LogP contribution in [0.25, 0.3) is 0 Å². The zero-order valence-electron chi connectivity index (χ0n) is 8.68. The summed E-state index contributed by atoms with van der Waals surface area (Å²) in [7, 11) is 0. The van der Waals surface area contributed by atoms with Gasteiger partial charge in [0.15, 0.2) is 0 Å². The molecule has 2 aliphatic rings. The number of carbonyl (C=O) groups is 2. The third-order valence-corrected chi connectivity index (χ3v) is 4.18. The molecule has 1 unspecified atom stereocenters. The highest BCUT2D eigenvalue weighted by Crippen LogP contribution is 2.38. The van der Waals surface area contributed by atoms with Crippen LogP contribution in [0.2, 0.25) is 0 Å². The minimum Gasteiger partial charge on any atom is -0.480 e. The van der Waals surface area contributed by atoms with Gasteiger partial charge in [0.25, 0.3) is 0 Å². The van der Waals surface area contributed by atoms with Crippen LogP contribution in [0.5, 0.6) is 0 Å². The molecule has 1 aliphatic carbocycles. The van der Waals surface area contributed by atoms with Crippen molar-refractivity contribution < 1.29 is 14.7 Å². The lowest BCUT2D eigenvalue weighted by Crippen LogP contribution is -2.44. The average Bonchev–Trinajstić information content (AvgIpc) is 2.92. The number of hydrogen-bond donors (Lipinski definition) is 1. The van der Waals surface area contributed by atoms with E-state index in [9.17, 15) is 9.59 Å². The highest BCUT2D eigenvalue weighted by atomic mass is 32.2. The average molecular weight is 229 g/mol. The number of carboxylic acids is 1. The fourth-order valence-electron chi connectivity index (χ4n) is 1.92. The Morgan fingerprint density at radius 2 is 2.13 bits per heavy atom. The summed E-state index contributed by atoms with van der Waals surface area (Å²) in [6.45, 7) is 1.92. The maximum absolute atomic E-state index is 12.0. The second-order valence-electron chi connectivity index (χ2n) is 4.29. The minimum atomic E-state index is -0.878. The predicted molar refractivity (Wildman–Crippen MR) is 57.5 cm³/mol. The van der Waals surface area contributed by atoms with Gasteiger partial charge in [-0.2, -0.15) is 0 Å². The van der Waals surface area contributed by atoms with E-state index in [4.69, 9.17) is 5.11 Å². The molecule has 1 N–H and O–H groups in total. The molecule has 84 valence electrons. The largest absolute Gasteiger partial charge is 0.480 e. The molecule has 0 radical (unpaired) electrons. The molecule has 4 nitrogen and oxygen atoms in total. The molecule has 0 aromatic heterocycles. The van der Waals surface area contributed by atoms with Crippen molar-refractivity contribution in [3.8, 4) is 0 Å². The number of aliphatic carboxylic acids is 1. The summed E-state index contributed by atoms with van der Waals surface area (Å²) in [6.07, 6.45) is 2.23. The lowest BCUT2D eigenvalue weighted by Gasteiger charge is -2.23. The second kappa shape index (κ2) is 4.04. The first-order valence-corrected chi connectivity index (χ1v) is 6.37. The molecule has 1 aliphatic heterocycles. The first-order chi connectivity index (χ1) is 7.11. The Morgan fingerprint density at radius 3 is 2.67 bits per heavy atom. The van der Waals surface area contributed by atoms with Crippen molar-refractivity contribution in [3.05, 3.63) is 0 Å². The smallest absolute Gasteiger partial charge is 0.327 e. The topological polar surface area (TPSA) is 57.6 Å². The van der Waals surface area contributed by atoms with Crippen LogP contribution in [0, 0.1) is 11.8 Å². The molecule has 0 aromatic rings. The van der Waals surface area contributed by atoms with Crippen LogP contribution in [0.1, 0.15) is 19.8 Å². The van der Waals surface area contributed by atoms with Gasteiger partial charge in [0, 0.05) is 11.7 Å². The number of rotatable bonds is 3. The number of thioether (sulfide) groups is 1. The van der Waals surface area contributed by atoms with E-state index in [1.165, 1.54) is 16.7 Å². The molecule has 0 spiro atoms. The summed E-state index contributed by atoms with van der Waals surface area (Å²) in [5.74, 6) is 0.708. The van der Waals surface area contributed by atoms with Crippen LogP contribution in [0.15, 0.2) is 0 Å². The van der Waals surface area contributed by atoms with E-state index in [0.717, 1.165) is 12.8 Å². The van der Waals surface area contributed by atoms with Crippen LogP contribution in [-0.2, 0) is 9.59 Å². The summed E-state index contributed by atoms with van der Waals surface area (Å²) < 4.78 is 0. The fraction of sp³-hybridized carbons (Fsp3) is 0.800. The number of hydrogen-bond acceptors (Lipinski definition) is 3. The highest BCUT2D eigenvalue weighted by Gasteiger charge is 2.40. The summed E-state index contributed by atoms with van der Waals surface area (Å²) in [4.78, 5) is 24.4. The van der Waals surface area contributed by atoms with Crippen molar-refractivity contribution in [1.82, 2.24) is 4.90 Å². The van der Waals surface area contributed by atoms with Gasteiger partial charge in [0.2, 0.25) is 5.91 Å². The van der Waals surface area contributed by atoms with Crippen molar-refractivity contribution in [1.29, 1.82) is 0 Å². The quantitative estimate of drug-likeness (QED) is 0.785. The lowest BCUT2D eigenvalue weighted by atomic mass is 10.0. The molecule has 1 amide bonds. The monoisotopic (exact) mass is 229 g/mol. The SMILES string of the molecule is CC(C(=O)N1CSC[C@H]1C(=O)O)C1CC1. The van der Waals surface area contributed by atoms with E-state index in [1.54, 1.807) is 0 Å². The van der Waals surface area contributed by atoms with Crippen molar-refractivity contribution in [2.45, 2.75) is 25.8 Å². The van der Waals surface area contributed by atoms with Crippen LogP contribution in [-0.4, -0.2) is 39.6 Å². The second-order valence-corrected chi connectivity index (χ2v) is 5.29. The number of amides is 1. The number of carboxylic acid groups (broad SMARTS) is 1. The van der Waals surface area contributed by atoms with E-state index in [0.29, 0.717) is 17.5 Å². The van der Waals surface area contributed by atoms with E-state index in [2.05, 4.69) is 0 Å². The van der Waals surface area contributed by atoms with Crippen molar-refractivity contribution in [2.24, 2.45) is 11.8 Å². The van der Waals surface area contributed by atoms with Gasteiger partial charge in [-0.3, -0.25) is 4.79 Å². The Labute approximate surface area is 93.0 Å². The Kier molecular flexibility index (Phi) is 2.91. The van der Waals surface area contributed by atoms with Gasteiger partial charge in [0.05, 0.1) is 5.88 Å². The lowest BCUT2D eigenvalue weighted by molar-refractivity contribution is -0.149. The number of carbonyl (C=O) groups excluding carboxylic acids is 1. The van der Waals surface area contributed by atoms with Crippen molar-refractivity contribution >= 4 is 23.6 Å². The first kappa shape index (κ1) is 10.8. The Hall–Kier alpha value is -0.710. The van der Waals surface area contributed by atoms with Gasteiger partial charge in [0.1, 0.15) is 6.04 Å². The molecule has 1 saturated heterocycles. The summed E-state index contributed by atoms with van der Waals surface area (Å²) in [6, 6.07) is -0.608. The van der Waals surface area contributed by atoms with Crippen molar-refractivity contribution in [2.75, 3.05) is 11.6 Å². The van der Waals surface area contributed by atoms with E-state index >= 15 is 0 Å². The molecule has 15 heavy (non-hydrogen) atoms. The Balaban J connectivity index is 2.01. The first-order valence-electron chi connectivity index (χ1n) is 5.22. The van der Waals surface area contributed by atoms with E-state index in [-0.39, 0.29) is 11.8 Å². The standard InChI is InChI=1S/C10H15NO3S/c1-6(7-2-3-7)9(12)11-5-15-4-8(11)10(13)14/h6-8H,2-5H2,1H3,(H,13,14)/t6?,8-/m0/s1. The summed E-state index contributed by atoms with van der Waals surface area (Å²) in [5.41, 5.74) is 0. The van der Waals surface area contributed by atoms with Gasteiger partial charge in [-0.15, -0.1) is 11.8 Å². The fourth-order valence-corrected chi connectivity index (χ4v) is 3.08. The van der Waals surface area contributed by atoms with Gasteiger partial charge in [-0.25, -0.2) is 4.79 Å². The zero-order chi connectivity index (χ0) is 11.0. The summed E-state index contributed by atoms with van der Waals surface area (Å²) in [5, 5.41) is 8.96. The van der Waals surface area contributed by atoms with Crippen LogP contribution < -0.4 is 0 Å². The third-order valence-electron chi connectivity index (χ3n) is 3.17. The molecule has 2 fully saturated rings. The molecule has 5 heteroatoms. The molecular formula is C10H15NO3S. The van der Waals surface area contributed by atoms with Crippen LogP contribution >= 0.6 is 11.8 Å². The Morgan fingerprint density at radius 1 is 1.47 bits per heavy atom. The maximum atomic E-state index is 12.0. The molecule has 0 aromatic carbocycles. The molecular weight excluding hydrogens is 214 g/mol. The van der Waals surface area contributed by atoms with Gasteiger partial charge < -0.3 is 10.0 Å². The third kappa shape index (κ3) is 2.12.